The second-order valence-corrected chi connectivity index (χ2v) is 3.88. The van der Waals surface area contributed by atoms with E-state index in [1.807, 2.05) is 6.26 Å². The maximum absolute atomic E-state index is 4.52. The van der Waals surface area contributed by atoms with Gasteiger partial charge in [-0.3, -0.25) is 0 Å². The van der Waals surface area contributed by atoms with Crippen molar-refractivity contribution in [1.29, 1.82) is 0 Å². The second-order valence-electron chi connectivity index (χ2n) is 3.05. The number of hydrogen-bond acceptors (Lipinski definition) is 2. The van der Waals surface area contributed by atoms with Crippen LogP contribution in [-0.2, 0) is 0 Å². The molecule has 0 fully saturated rings. The standard InChI is InChI=1S/C11H11NS/c1-8-3-4-9-5-6-11(13-2)12-10(9)7-8/h3-7H,1-2H3. The number of pyridine rings is 1. The van der Waals surface area contributed by atoms with Gasteiger partial charge in [-0.25, -0.2) is 4.98 Å². The maximum Gasteiger partial charge on any atom is 0.0964 e. The Morgan fingerprint density at radius 2 is 1.92 bits per heavy atom. The van der Waals surface area contributed by atoms with E-state index in [0.29, 0.717) is 0 Å². The molecule has 0 aliphatic carbocycles. The van der Waals surface area contributed by atoms with Crippen LogP contribution >= 0.6 is 11.8 Å². The zero-order chi connectivity index (χ0) is 9.26. The van der Waals surface area contributed by atoms with Gasteiger partial charge in [-0.15, -0.1) is 11.8 Å². The van der Waals surface area contributed by atoms with Gasteiger partial charge in [0.05, 0.1) is 10.5 Å². The number of aromatic nitrogens is 1. The van der Waals surface area contributed by atoms with E-state index in [-0.39, 0.29) is 0 Å². The fourth-order valence-corrected chi connectivity index (χ4v) is 1.72. The largest absolute Gasteiger partial charge is 0.241 e. The smallest absolute Gasteiger partial charge is 0.0964 e. The fourth-order valence-electron chi connectivity index (χ4n) is 1.32. The Labute approximate surface area is 82.2 Å². The molecule has 0 N–H and O–H groups in total. The molecule has 13 heavy (non-hydrogen) atoms. The van der Waals surface area contributed by atoms with Crippen molar-refractivity contribution in [2.24, 2.45) is 0 Å². The number of fused-ring (bicyclic) bond motifs is 1. The molecule has 1 aromatic heterocycles. The van der Waals surface area contributed by atoms with E-state index in [4.69, 9.17) is 0 Å². The third kappa shape index (κ3) is 1.68. The maximum atomic E-state index is 4.52. The number of benzene rings is 1. The molecule has 0 saturated carbocycles. The van der Waals surface area contributed by atoms with Gasteiger partial charge in [-0.05, 0) is 30.9 Å². The Morgan fingerprint density at radius 1 is 1.15 bits per heavy atom. The third-order valence-electron chi connectivity index (χ3n) is 2.03. The van der Waals surface area contributed by atoms with Crippen molar-refractivity contribution >= 4 is 22.7 Å². The van der Waals surface area contributed by atoms with Crippen LogP contribution in [0, 0.1) is 6.92 Å². The van der Waals surface area contributed by atoms with E-state index >= 15 is 0 Å². The van der Waals surface area contributed by atoms with Crippen molar-refractivity contribution in [1.82, 2.24) is 4.98 Å². The van der Waals surface area contributed by atoms with Crippen molar-refractivity contribution in [3.63, 3.8) is 0 Å². The van der Waals surface area contributed by atoms with Gasteiger partial charge < -0.3 is 0 Å². The van der Waals surface area contributed by atoms with E-state index in [0.717, 1.165) is 10.5 Å². The summed E-state index contributed by atoms with van der Waals surface area (Å²) in [7, 11) is 0. The molecule has 1 heterocycles. The number of nitrogens with zero attached hydrogens (tertiary/aromatic N) is 1. The normalized spacial score (nSPS) is 10.6. The van der Waals surface area contributed by atoms with Crippen molar-refractivity contribution in [3.8, 4) is 0 Å². The Hall–Kier alpha value is -1.02. The molecule has 1 aromatic carbocycles. The lowest BCUT2D eigenvalue weighted by atomic mass is 10.1. The van der Waals surface area contributed by atoms with Crippen molar-refractivity contribution < 1.29 is 0 Å². The first-order chi connectivity index (χ1) is 6.29. The Kier molecular flexibility index (Phi) is 2.23. The first-order valence-corrected chi connectivity index (χ1v) is 5.43. The SMILES string of the molecule is CSc1ccc2ccc(C)cc2n1. The monoisotopic (exact) mass is 189 g/mol. The van der Waals surface area contributed by atoms with Crippen molar-refractivity contribution in [3.05, 3.63) is 35.9 Å². The predicted molar refractivity (Wildman–Crippen MR) is 58.3 cm³/mol. The van der Waals surface area contributed by atoms with E-state index in [9.17, 15) is 0 Å². The number of thioether (sulfide) groups is 1. The summed E-state index contributed by atoms with van der Waals surface area (Å²) in [6.45, 7) is 2.09. The number of aryl methyl sites for hydroxylation is 1. The lowest BCUT2D eigenvalue weighted by Crippen LogP contribution is -1.82. The highest BCUT2D eigenvalue weighted by molar-refractivity contribution is 7.98. The minimum absolute atomic E-state index is 1.08. The van der Waals surface area contributed by atoms with Crippen LogP contribution < -0.4 is 0 Å². The van der Waals surface area contributed by atoms with Crippen molar-refractivity contribution in [2.75, 3.05) is 6.26 Å². The molecule has 66 valence electrons. The van der Waals surface area contributed by atoms with Crippen LogP contribution in [0.1, 0.15) is 5.56 Å². The summed E-state index contributed by atoms with van der Waals surface area (Å²) in [6, 6.07) is 10.5. The molecule has 0 atom stereocenters. The molecular weight excluding hydrogens is 178 g/mol. The van der Waals surface area contributed by atoms with Gasteiger partial charge in [-0.2, -0.15) is 0 Å². The van der Waals surface area contributed by atoms with Gasteiger partial charge in [-0.1, -0.05) is 18.2 Å². The summed E-state index contributed by atoms with van der Waals surface area (Å²) in [5.41, 5.74) is 2.35. The Morgan fingerprint density at radius 3 is 2.69 bits per heavy atom. The molecule has 0 bridgehead atoms. The van der Waals surface area contributed by atoms with Crippen LogP contribution in [0.4, 0.5) is 0 Å². The molecule has 0 saturated heterocycles. The quantitative estimate of drug-likeness (QED) is 0.639. The average Bonchev–Trinajstić information content (AvgIpc) is 2.16. The zero-order valence-corrected chi connectivity index (χ0v) is 8.56. The van der Waals surface area contributed by atoms with Gasteiger partial charge in [0.25, 0.3) is 0 Å². The van der Waals surface area contributed by atoms with E-state index < -0.39 is 0 Å². The van der Waals surface area contributed by atoms with Crippen LogP contribution in [-0.4, -0.2) is 11.2 Å². The van der Waals surface area contributed by atoms with Crippen LogP contribution in [0.3, 0.4) is 0 Å². The summed E-state index contributed by atoms with van der Waals surface area (Å²) in [5, 5.41) is 2.29. The first-order valence-electron chi connectivity index (χ1n) is 4.21. The summed E-state index contributed by atoms with van der Waals surface area (Å²) in [5.74, 6) is 0. The van der Waals surface area contributed by atoms with Gasteiger partial charge in [0.15, 0.2) is 0 Å². The molecule has 2 heteroatoms. The molecule has 0 aliphatic rings. The summed E-state index contributed by atoms with van der Waals surface area (Å²) < 4.78 is 0. The van der Waals surface area contributed by atoms with Crippen LogP contribution in [0.2, 0.25) is 0 Å². The van der Waals surface area contributed by atoms with Gasteiger partial charge in [0.1, 0.15) is 0 Å². The van der Waals surface area contributed by atoms with Gasteiger partial charge in [0, 0.05) is 5.39 Å². The minimum atomic E-state index is 1.08. The predicted octanol–water partition coefficient (Wildman–Crippen LogP) is 3.27. The van der Waals surface area contributed by atoms with Crippen LogP contribution in [0.15, 0.2) is 35.4 Å². The molecule has 0 amide bonds. The van der Waals surface area contributed by atoms with E-state index in [1.54, 1.807) is 11.8 Å². The average molecular weight is 189 g/mol. The molecule has 2 rings (SSSR count). The van der Waals surface area contributed by atoms with E-state index in [2.05, 4.69) is 42.2 Å². The molecular formula is C11H11NS. The lowest BCUT2D eigenvalue weighted by Gasteiger charge is -2.00. The Bertz CT molecular complexity index is 437. The molecule has 1 nitrogen and oxygen atoms in total. The minimum Gasteiger partial charge on any atom is -0.241 e. The fraction of sp³-hybridized carbons (Fsp3) is 0.182. The highest BCUT2D eigenvalue weighted by Crippen LogP contribution is 2.18. The summed E-state index contributed by atoms with van der Waals surface area (Å²) in [4.78, 5) is 4.52. The molecule has 0 unspecified atom stereocenters. The third-order valence-corrected chi connectivity index (χ3v) is 2.68. The van der Waals surface area contributed by atoms with Crippen LogP contribution in [0.5, 0.6) is 0 Å². The summed E-state index contributed by atoms with van der Waals surface area (Å²) in [6.07, 6.45) is 2.05. The lowest BCUT2D eigenvalue weighted by molar-refractivity contribution is 1.19. The molecule has 0 radical (unpaired) electrons. The number of hydrogen-bond donors (Lipinski definition) is 0. The molecule has 0 aliphatic heterocycles. The zero-order valence-electron chi connectivity index (χ0n) is 7.74. The second kappa shape index (κ2) is 3.38. The Balaban J connectivity index is 2.68. The van der Waals surface area contributed by atoms with Crippen LogP contribution in [0.25, 0.3) is 10.9 Å². The van der Waals surface area contributed by atoms with E-state index in [1.165, 1.54) is 10.9 Å². The van der Waals surface area contributed by atoms with Gasteiger partial charge in [0.2, 0.25) is 0 Å². The molecule has 2 aromatic rings. The van der Waals surface area contributed by atoms with Crippen molar-refractivity contribution in [2.45, 2.75) is 11.9 Å². The highest BCUT2D eigenvalue weighted by Gasteiger charge is 1.96. The first kappa shape index (κ1) is 8.57. The molecule has 0 spiro atoms. The topological polar surface area (TPSA) is 12.9 Å². The number of rotatable bonds is 1. The summed E-state index contributed by atoms with van der Waals surface area (Å²) >= 11 is 1.68. The highest BCUT2D eigenvalue weighted by atomic mass is 32.2. The van der Waals surface area contributed by atoms with Gasteiger partial charge >= 0.3 is 0 Å².